The van der Waals surface area contributed by atoms with Crippen LogP contribution in [-0.2, 0) is 0 Å². The number of aliphatic hydroxyl groups excluding tert-OH is 1. The fraction of sp³-hybridized carbons (Fsp3) is 0.125. The Hall–Kier alpha value is -2.26. The van der Waals surface area contributed by atoms with Crippen LogP contribution in [0.25, 0.3) is 11.0 Å². The number of aromatic nitrogens is 2. The molecule has 0 amide bonds. The minimum Gasteiger partial charge on any atom is -0.384 e. The second-order valence-electron chi connectivity index (χ2n) is 4.62. The van der Waals surface area contributed by atoms with E-state index in [0.29, 0.717) is 0 Å². The number of hydrogen-bond donors (Lipinski definition) is 1. The second-order valence-corrected chi connectivity index (χ2v) is 4.62. The molecule has 1 heterocycles. The number of rotatable bonds is 2. The van der Waals surface area contributed by atoms with Gasteiger partial charge in [0.05, 0.1) is 11.0 Å². The quantitative estimate of drug-likeness (QED) is 0.760. The SMILES string of the molecule is Cc1ccc(C(O)c2ccc3nccnc3c2)cc1. The Morgan fingerprint density at radius 2 is 1.47 bits per heavy atom. The van der Waals surface area contributed by atoms with Gasteiger partial charge in [0.1, 0.15) is 6.10 Å². The smallest absolute Gasteiger partial charge is 0.104 e. The normalized spacial score (nSPS) is 12.5. The molecule has 1 N–H and O–H groups in total. The van der Waals surface area contributed by atoms with E-state index in [1.54, 1.807) is 12.4 Å². The summed E-state index contributed by atoms with van der Waals surface area (Å²) in [6.07, 6.45) is 2.69. The van der Waals surface area contributed by atoms with Crippen LogP contribution in [0.4, 0.5) is 0 Å². The highest BCUT2D eigenvalue weighted by atomic mass is 16.3. The first-order chi connectivity index (χ1) is 9.24. The van der Waals surface area contributed by atoms with Crippen LogP contribution in [0.1, 0.15) is 22.8 Å². The zero-order chi connectivity index (χ0) is 13.2. The van der Waals surface area contributed by atoms with Crippen molar-refractivity contribution in [1.82, 2.24) is 9.97 Å². The van der Waals surface area contributed by atoms with Crippen LogP contribution in [0.2, 0.25) is 0 Å². The van der Waals surface area contributed by atoms with Gasteiger partial charge in [0.15, 0.2) is 0 Å². The van der Waals surface area contributed by atoms with Crippen LogP contribution in [0.5, 0.6) is 0 Å². The first-order valence-electron chi connectivity index (χ1n) is 6.19. The molecule has 3 rings (SSSR count). The molecule has 0 saturated heterocycles. The zero-order valence-corrected chi connectivity index (χ0v) is 10.6. The summed E-state index contributed by atoms with van der Waals surface area (Å²) in [5.74, 6) is 0. The molecule has 19 heavy (non-hydrogen) atoms. The highest BCUT2D eigenvalue weighted by Crippen LogP contribution is 2.24. The maximum Gasteiger partial charge on any atom is 0.104 e. The van der Waals surface area contributed by atoms with E-state index in [0.717, 1.165) is 22.2 Å². The van der Waals surface area contributed by atoms with Crippen LogP contribution < -0.4 is 0 Å². The molecule has 0 saturated carbocycles. The van der Waals surface area contributed by atoms with Crippen LogP contribution in [-0.4, -0.2) is 15.1 Å². The van der Waals surface area contributed by atoms with Gasteiger partial charge in [-0.1, -0.05) is 35.9 Å². The summed E-state index contributed by atoms with van der Waals surface area (Å²) in [5.41, 5.74) is 4.53. The molecule has 0 radical (unpaired) electrons. The third-order valence-electron chi connectivity index (χ3n) is 3.20. The Morgan fingerprint density at radius 1 is 0.842 bits per heavy atom. The van der Waals surface area contributed by atoms with Gasteiger partial charge < -0.3 is 5.11 Å². The van der Waals surface area contributed by atoms with Crippen molar-refractivity contribution in [2.75, 3.05) is 0 Å². The molecule has 0 aliphatic heterocycles. The molecule has 1 atom stereocenters. The summed E-state index contributed by atoms with van der Waals surface area (Å²) in [7, 11) is 0. The highest BCUT2D eigenvalue weighted by Gasteiger charge is 2.11. The minimum atomic E-state index is -0.632. The Bertz CT molecular complexity index is 707. The standard InChI is InChI=1S/C16H14N2O/c1-11-2-4-12(5-3-11)16(19)13-6-7-14-15(10-13)18-9-8-17-14/h2-10,16,19H,1H3. The van der Waals surface area contributed by atoms with Crippen molar-refractivity contribution in [3.8, 4) is 0 Å². The molecule has 2 aromatic carbocycles. The number of benzene rings is 2. The molecule has 3 aromatic rings. The fourth-order valence-electron chi connectivity index (χ4n) is 2.09. The highest BCUT2D eigenvalue weighted by molar-refractivity contribution is 5.74. The number of fused-ring (bicyclic) bond motifs is 1. The maximum absolute atomic E-state index is 10.4. The Balaban J connectivity index is 2.01. The summed E-state index contributed by atoms with van der Waals surface area (Å²) in [6, 6.07) is 13.5. The molecule has 0 bridgehead atoms. The number of nitrogens with zero attached hydrogens (tertiary/aromatic N) is 2. The largest absolute Gasteiger partial charge is 0.384 e. The van der Waals surface area contributed by atoms with Crippen LogP contribution in [0.3, 0.4) is 0 Å². The number of aliphatic hydroxyl groups is 1. The van der Waals surface area contributed by atoms with E-state index in [9.17, 15) is 5.11 Å². The van der Waals surface area contributed by atoms with E-state index in [1.165, 1.54) is 5.56 Å². The van der Waals surface area contributed by atoms with Crippen LogP contribution in [0.15, 0.2) is 54.9 Å². The van der Waals surface area contributed by atoms with Crippen molar-refractivity contribution in [1.29, 1.82) is 0 Å². The molecule has 0 aliphatic rings. The van der Waals surface area contributed by atoms with Crippen molar-refractivity contribution in [2.24, 2.45) is 0 Å². The first kappa shape index (κ1) is 11.8. The number of aryl methyl sites for hydroxylation is 1. The summed E-state index contributed by atoms with van der Waals surface area (Å²) in [4.78, 5) is 8.48. The summed E-state index contributed by atoms with van der Waals surface area (Å²) < 4.78 is 0. The van der Waals surface area contributed by atoms with E-state index in [-0.39, 0.29) is 0 Å². The summed E-state index contributed by atoms with van der Waals surface area (Å²) in [5, 5.41) is 10.4. The van der Waals surface area contributed by atoms with Gasteiger partial charge in [-0.25, -0.2) is 0 Å². The van der Waals surface area contributed by atoms with Gasteiger partial charge in [-0.15, -0.1) is 0 Å². The van der Waals surface area contributed by atoms with Gasteiger partial charge in [-0.05, 0) is 30.2 Å². The first-order valence-corrected chi connectivity index (χ1v) is 6.19. The average molecular weight is 250 g/mol. The molecule has 1 unspecified atom stereocenters. The Morgan fingerprint density at radius 3 is 2.21 bits per heavy atom. The molecule has 3 heteroatoms. The lowest BCUT2D eigenvalue weighted by Crippen LogP contribution is -2.00. The maximum atomic E-state index is 10.4. The molecular formula is C16H14N2O. The lowest BCUT2D eigenvalue weighted by atomic mass is 10.00. The predicted molar refractivity (Wildman–Crippen MR) is 74.8 cm³/mol. The van der Waals surface area contributed by atoms with E-state index >= 15 is 0 Å². The monoisotopic (exact) mass is 250 g/mol. The van der Waals surface area contributed by atoms with Gasteiger partial charge in [-0.3, -0.25) is 9.97 Å². The van der Waals surface area contributed by atoms with Crippen molar-refractivity contribution < 1.29 is 5.11 Å². The van der Waals surface area contributed by atoms with Gasteiger partial charge >= 0.3 is 0 Å². The minimum absolute atomic E-state index is 0.632. The molecule has 0 fully saturated rings. The molecule has 1 aromatic heterocycles. The predicted octanol–water partition coefficient (Wildman–Crippen LogP) is 3.02. The van der Waals surface area contributed by atoms with E-state index in [1.807, 2.05) is 49.4 Å². The van der Waals surface area contributed by atoms with Crippen molar-refractivity contribution in [3.05, 3.63) is 71.5 Å². The fourth-order valence-corrected chi connectivity index (χ4v) is 2.09. The van der Waals surface area contributed by atoms with Gasteiger partial charge in [0.25, 0.3) is 0 Å². The molecule has 3 nitrogen and oxygen atoms in total. The second kappa shape index (κ2) is 4.78. The van der Waals surface area contributed by atoms with E-state index in [4.69, 9.17) is 0 Å². The lowest BCUT2D eigenvalue weighted by Gasteiger charge is -2.12. The lowest BCUT2D eigenvalue weighted by molar-refractivity contribution is 0.220. The van der Waals surface area contributed by atoms with Gasteiger partial charge in [0, 0.05) is 12.4 Å². The Kier molecular flexibility index (Phi) is 2.97. The Labute approximate surface area is 111 Å². The summed E-state index contributed by atoms with van der Waals surface area (Å²) in [6.45, 7) is 2.03. The topological polar surface area (TPSA) is 46.0 Å². The third-order valence-corrected chi connectivity index (χ3v) is 3.20. The third kappa shape index (κ3) is 2.33. The van der Waals surface area contributed by atoms with E-state index in [2.05, 4.69) is 9.97 Å². The molecule has 0 aliphatic carbocycles. The van der Waals surface area contributed by atoms with Gasteiger partial charge in [0.2, 0.25) is 0 Å². The van der Waals surface area contributed by atoms with Crippen LogP contribution in [0, 0.1) is 6.92 Å². The molecular weight excluding hydrogens is 236 g/mol. The zero-order valence-electron chi connectivity index (χ0n) is 10.6. The van der Waals surface area contributed by atoms with Crippen molar-refractivity contribution >= 4 is 11.0 Å². The average Bonchev–Trinajstić information content (AvgIpc) is 2.47. The van der Waals surface area contributed by atoms with Gasteiger partial charge in [-0.2, -0.15) is 0 Å². The number of hydrogen-bond acceptors (Lipinski definition) is 3. The van der Waals surface area contributed by atoms with Crippen molar-refractivity contribution in [3.63, 3.8) is 0 Å². The summed E-state index contributed by atoms with van der Waals surface area (Å²) >= 11 is 0. The van der Waals surface area contributed by atoms with E-state index < -0.39 is 6.10 Å². The van der Waals surface area contributed by atoms with Crippen molar-refractivity contribution in [2.45, 2.75) is 13.0 Å². The molecule has 94 valence electrons. The van der Waals surface area contributed by atoms with Crippen LogP contribution >= 0.6 is 0 Å². The molecule has 0 spiro atoms.